The van der Waals surface area contributed by atoms with Crippen molar-refractivity contribution in [2.45, 2.75) is 4.34 Å². The Balaban J connectivity index is 2.40. The van der Waals surface area contributed by atoms with Crippen LogP contribution in [0.1, 0.15) is 0 Å². The van der Waals surface area contributed by atoms with Crippen molar-refractivity contribution >= 4 is 27.0 Å². The summed E-state index contributed by atoms with van der Waals surface area (Å²) in [5.74, 6) is -0.180. The van der Waals surface area contributed by atoms with E-state index in [1.165, 1.54) is 0 Å². The monoisotopic (exact) mass is 275 g/mol. The summed E-state index contributed by atoms with van der Waals surface area (Å²) in [5.41, 5.74) is 0. The quantitative estimate of drug-likeness (QED) is 0.626. The molecule has 0 aliphatic rings. The average molecular weight is 275 g/mol. The van der Waals surface area contributed by atoms with Crippen molar-refractivity contribution in [3.8, 4) is 10.8 Å². The van der Waals surface area contributed by atoms with Gasteiger partial charge in [0.2, 0.25) is 19.2 Å². The molecule has 2 aromatic rings. The summed E-state index contributed by atoms with van der Waals surface area (Å²) in [6.45, 7) is 0. The zero-order valence-corrected chi connectivity index (χ0v) is 9.95. The van der Waals surface area contributed by atoms with Crippen LogP contribution in [0, 0.1) is 10.1 Å². The van der Waals surface area contributed by atoms with Gasteiger partial charge in [0.05, 0.1) is 0 Å². The molecule has 0 radical (unpaired) electrons. The van der Waals surface area contributed by atoms with Gasteiger partial charge in [-0.1, -0.05) is 11.3 Å². The molecule has 0 aromatic carbocycles. The molecule has 0 bridgehead atoms. The van der Waals surface area contributed by atoms with Crippen molar-refractivity contribution in [1.82, 2.24) is 20.2 Å². The van der Waals surface area contributed by atoms with Gasteiger partial charge in [-0.05, 0) is 4.92 Å². The van der Waals surface area contributed by atoms with Crippen LogP contribution in [-0.2, 0) is 9.84 Å². The molecule has 1 N–H and O–H groups in total. The van der Waals surface area contributed by atoms with E-state index in [1.54, 1.807) is 0 Å². The van der Waals surface area contributed by atoms with Crippen LogP contribution in [0.4, 0.5) is 5.82 Å². The summed E-state index contributed by atoms with van der Waals surface area (Å²) in [5, 5.41) is 17.7. The third-order valence-corrected chi connectivity index (χ3v) is 4.28. The molecule has 0 aliphatic heterocycles. The maximum atomic E-state index is 11.2. The van der Waals surface area contributed by atoms with E-state index in [1.807, 2.05) is 0 Å². The molecule has 0 unspecified atom stereocenters. The third kappa shape index (κ3) is 2.29. The van der Waals surface area contributed by atoms with Crippen molar-refractivity contribution < 1.29 is 13.3 Å². The van der Waals surface area contributed by atoms with Crippen LogP contribution in [-0.4, -0.2) is 39.8 Å². The van der Waals surface area contributed by atoms with E-state index in [2.05, 4.69) is 20.2 Å². The number of aromatic amines is 1. The van der Waals surface area contributed by atoms with E-state index in [0.29, 0.717) is 0 Å². The summed E-state index contributed by atoms with van der Waals surface area (Å²) >= 11 is 0.791. The van der Waals surface area contributed by atoms with Crippen LogP contribution in [0.5, 0.6) is 0 Å². The fourth-order valence-corrected chi connectivity index (χ4v) is 2.53. The molecule has 90 valence electrons. The van der Waals surface area contributed by atoms with E-state index in [0.717, 1.165) is 23.8 Å². The first kappa shape index (κ1) is 11.6. The summed E-state index contributed by atoms with van der Waals surface area (Å²) in [6, 6.07) is 0. The predicted octanol–water partition coefficient (Wildman–Crippen LogP) is 0.240. The molecule has 2 rings (SSSR count). The number of nitro groups is 1. The van der Waals surface area contributed by atoms with Gasteiger partial charge in [0.1, 0.15) is 6.20 Å². The van der Waals surface area contributed by atoms with Gasteiger partial charge in [0, 0.05) is 6.26 Å². The molecular formula is C6H5N5O4S2. The maximum Gasteiger partial charge on any atom is 0.341 e. The molecule has 0 fully saturated rings. The van der Waals surface area contributed by atoms with E-state index in [9.17, 15) is 18.5 Å². The number of nitrogens with zero attached hydrogens (tertiary/aromatic N) is 4. The van der Waals surface area contributed by atoms with Crippen LogP contribution in [0.15, 0.2) is 10.5 Å². The van der Waals surface area contributed by atoms with Crippen LogP contribution in [0.2, 0.25) is 0 Å². The van der Waals surface area contributed by atoms with Gasteiger partial charge in [0.25, 0.3) is 5.82 Å². The standard InChI is InChI=1S/C6H5N5O4S2/c1-17(14,15)6-10-9-5(16-6)4-7-2-3(8-4)11(12)13/h2H,1H3,(H,7,8). The number of imidazole rings is 1. The first-order valence-corrected chi connectivity index (χ1v) is 6.82. The number of rotatable bonds is 3. The molecule has 0 saturated carbocycles. The second-order valence-electron chi connectivity index (χ2n) is 3.02. The van der Waals surface area contributed by atoms with Gasteiger partial charge >= 0.3 is 5.82 Å². The number of aromatic nitrogens is 4. The Labute approximate surface area is 98.6 Å². The summed E-state index contributed by atoms with van der Waals surface area (Å²) in [7, 11) is -3.43. The lowest BCUT2D eigenvalue weighted by atomic mass is 10.7. The highest BCUT2D eigenvalue weighted by Crippen LogP contribution is 2.24. The minimum Gasteiger partial charge on any atom is -0.358 e. The normalized spacial score (nSPS) is 11.6. The highest BCUT2D eigenvalue weighted by atomic mass is 32.2. The van der Waals surface area contributed by atoms with Gasteiger partial charge in [-0.15, -0.1) is 10.2 Å². The topological polar surface area (TPSA) is 132 Å². The fraction of sp³-hybridized carbons (Fsp3) is 0.167. The van der Waals surface area contributed by atoms with Gasteiger partial charge in [-0.2, -0.15) is 0 Å². The number of nitrogens with one attached hydrogen (secondary N) is 1. The first-order chi connectivity index (χ1) is 7.88. The minimum absolute atomic E-state index is 0.115. The number of hydrogen-bond donors (Lipinski definition) is 1. The van der Waals surface area contributed by atoms with Crippen molar-refractivity contribution in [2.75, 3.05) is 6.26 Å². The van der Waals surface area contributed by atoms with Crippen molar-refractivity contribution in [3.63, 3.8) is 0 Å². The summed E-state index contributed by atoms with van der Waals surface area (Å²) in [4.78, 5) is 15.9. The zero-order valence-electron chi connectivity index (χ0n) is 8.32. The predicted molar refractivity (Wildman–Crippen MR) is 57.3 cm³/mol. The van der Waals surface area contributed by atoms with E-state index >= 15 is 0 Å². The van der Waals surface area contributed by atoms with E-state index in [-0.39, 0.29) is 21.0 Å². The summed E-state index contributed by atoms with van der Waals surface area (Å²) < 4.78 is 22.2. The Morgan fingerprint density at radius 3 is 2.65 bits per heavy atom. The van der Waals surface area contributed by atoms with Crippen LogP contribution < -0.4 is 0 Å². The second kappa shape index (κ2) is 3.85. The van der Waals surface area contributed by atoms with Crippen molar-refractivity contribution in [3.05, 3.63) is 16.3 Å². The Hall–Kier alpha value is -1.88. The van der Waals surface area contributed by atoms with E-state index in [4.69, 9.17) is 0 Å². The average Bonchev–Trinajstić information content (AvgIpc) is 2.85. The summed E-state index contributed by atoms with van der Waals surface area (Å²) in [6.07, 6.45) is 2.03. The van der Waals surface area contributed by atoms with Gasteiger partial charge < -0.3 is 10.1 Å². The Morgan fingerprint density at radius 1 is 1.47 bits per heavy atom. The number of sulfone groups is 1. The lowest BCUT2D eigenvalue weighted by Gasteiger charge is -1.85. The highest BCUT2D eigenvalue weighted by Gasteiger charge is 2.20. The van der Waals surface area contributed by atoms with Crippen LogP contribution >= 0.6 is 11.3 Å². The molecular weight excluding hydrogens is 270 g/mol. The molecule has 0 aliphatic carbocycles. The Bertz CT molecular complexity index is 672. The maximum absolute atomic E-state index is 11.2. The SMILES string of the molecule is CS(=O)(=O)c1nnc(-c2ncc([N+](=O)[O-])[nH]2)s1. The lowest BCUT2D eigenvalue weighted by molar-refractivity contribution is -0.389. The van der Waals surface area contributed by atoms with Gasteiger partial charge in [-0.25, -0.2) is 18.4 Å². The smallest absolute Gasteiger partial charge is 0.341 e. The molecule has 0 atom stereocenters. The minimum atomic E-state index is -3.43. The zero-order chi connectivity index (χ0) is 12.6. The molecule has 0 amide bonds. The van der Waals surface area contributed by atoms with Gasteiger partial charge in [-0.3, -0.25) is 0 Å². The molecule has 0 saturated heterocycles. The van der Waals surface area contributed by atoms with Gasteiger partial charge in [0.15, 0.2) is 0 Å². The molecule has 0 spiro atoms. The Morgan fingerprint density at radius 2 is 2.18 bits per heavy atom. The van der Waals surface area contributed by atoms with Crippen LogP contribution in [0.3, 0.4) is 0 Å². The third-order valence-electron chi connectivity index (χ3n) is 1.69. The molecule has 11 heteroatoms. The molecule has 2 aromatic heterocycles. The van der Waals surface area contributed by atoms with E-state index < -0.39 is 14.8 Å². The molecule has 2 heterocycles. The number of hydrogen-bond acceptors (Lipinski definition) is 8. The second-order valence-corrected chi connectivity index (χ2v) is 6.19. The Kier molecular flexibility index (Phi) is 2.63. The van der Waals surface area contributed by atoms with Crippen molar-refractivity contribution in [1.29, 1.82) is 0 Å². The first-order valence-electron chi connectivity index (χ1n) is 4.11. The molecule has 17 heavy (non-hydrogen) atoms. The lowest BCUT2D eigenvalue weighted by Crippen LogP contribution is -1.95. The van der Waals surface area contributed by atoms with Crippen LogP contribution in [0.25, 0.3) is 10.8 Å². The largest absolute Gasteiger partial charge is 0.358 e. The highest BCUT2D eigenvalue weighted by molar-refractivity contribution is 7.92. The van der Waals surface area contributed by atoms with Crippen molar-refractivity contribution in [2.24, 2.45) is 0 Å². The fourth-order valence-electron chi connectivity index (χ4n) is 0.968. The molecule has 9 nitrogen and oxygen atoms in total. The number of H-pyrrole nitrogens is 1.